The summed E-state index contributed by atoms with van der Waals surface area (Å²) in [6.07, 6.45) is 0.623. The molecule has 1 saturated heterocycles. The van der Waals surface area contributed by atoms with Crippen molar-refractivity contribution in [2.75, 3.05) is 23.3 Å². The van der Waals surface area contributed by atoms with E-state index in [0.717, 1.165) is 11.1 Å². The molecule has 0 bridgehead atoms. The quantitative estimate of drug-likeness (QED) is 0.220. The van der Waals surface area contributed by atoms with Gasteiger partial charge in [0.2, 0.25) is 0 Å². The Hall–Kier alpha value is -4.53. The fraction of sp³-hybridized carbons (Fsp3) is 0.289. The number of para-hydroxylation sites is 1. The third-order valence-electron chi connectivity index (χ3n) is 9.61. The number of hydrogen-bond acceptors (Lipinski definition) is 4. The van der Waals surface area contributed by atoms with Crippen LogP contribution >= 0.6 is 0 Å². The van der Waals surface area contributed by atoms with Gasteiger partial charge in [0.15, 0.2) is 8.32 Å². The maximum Gasteiger partial charge on any atom is 0.258 e. The molecular formula is C38H41N3O4Si. The highest BCUT2D eigenvalue weighted by Crippen LogP contribution is 2.40. The molecule has 1 fully saturated rings. The normalized spacial score (nSPS) is 18.1. The van der Waals surface area contributed by atoms with Crippen LogP contribution in [0.5, 0.6) is 0 Å². The highest BCUT2D eigenvalue weighted by molar-refractivity contribution is 6.74. The molecule has 0 spiro atoms. The van der Waals surface area contributed by atoms with E-state index in [1.54, 1.807) is 35.2 Å². The van der Waals surface area contributed by atoms with Gasteiger partial charge in [0, 0.05) is 29.9 Å². The number of nitrogens with one attached hydrogen (secondary N) is 1. The van der Waals surface area contributed by atoms with E-state index in [9.17, 15) is 14.4 Å². The van der Waals surface area contributed by atoms with Crippen LogP contribution in [-0.4, -0.2) is 56.2 Å². The molecule has 4 aromatic rings. The van der Waals surface area contributed by atoms with Crippen LogP contribution in [0.15, 0.2) is 103 Å². The van der Waals surface area contributed by atoms with Crippen molar-refractivity contribution in [3.8, 4) is 11.1 Å². The molecular weight excluding hydrogens is 591 g/mol. The van der Waals surface area contributed by atoms with Gasteiger partial charge in [-0.2, -0.15) is 0 Å². The number of fused-ring (bicyclic) bond motifs is 2. The average molecular weight is 632 g/mol. The van der Waals surface area contributed by atoms with Crippen molar-refractivity contribution in [1.29, 1.82) is 0 Å². The van der Waals surface area contributed by atoms with Crippen molar-refractivity contribution in [2.24, 2.45) is 0 Å². The van der Waals surface area contributed by atoms with Gasteiger partial charge in [-0.15, -0.1) is 0 Å². The Labute approximate surface area is 272 Å². The van der Waals surface area contributed by atoms with Gasteiger partial charge in [-0.25, -0.2) is 0 Å². The lowest BCUT2D eigenvalue weighted by molar-refractivity contribution is 0.0727. The summed E-state index contributed by atoms with van der Waals surface area (Å²) in [5, 5.41) is 3.04. The summed E-state index contributed by atoms with van der Waals surface area (Å²) in [4.78, 5) is 44.9. The first-order valence-corrected chi connectivity index (χ1v) is 18.8. The molecule has 236 valence electrons. The van der Waals surface area contributed by atoms with Crippen LogP contribution in [0.25, 0.3) is 11.1 Å². The molecule has 0 unspecified atom stereocenters. The van der Waals surface area contributed by atoms with Gasteiger partial charge in [0.05, 0.1) is 23.4 Å². The summed E-state index contributed by atoms with van der Waals surface area (Å²) < 4.78 is 6.73. The molecule has 46 heavy (non-hydrogen) atoms. The maximum absolute atomic E-state index is 14.1. The number of benzene rings is 4. The van der Waals surface area contributed by atoms with Crippen molar-refractivity contribution < 1.29 is 18.8 Å². The molecule has 0 radical (unpaired) electrons. The molecule has 2 heterocycles. The standard InChI is InChI=1S/C38H41N3O4Si/c1-38(2,3)46(4,5)45-30-23-29-24-41(34-18-12-11-17-33(34)37(44)40(29)25-30)36(43)27-19-21-28(22-20-27)39-35(42)32-16-10-9-15-31(32)26-13-7-6-8-14-26/h6-22,29-30H,23-25H2,1-5H3,(H,39,42)/t29-,30-/m1/s1. The highest BCUT2D eigenvalue weighted by Gasteiger charge is 2.46. The smallest absolute Gasteiger partial charge is 0.258 e. The van der Waals surface area contributed by atoms with Crippen LogP contribution < -0.4 is 10.2 Å². The molecule has 8 heteroatoms. The van der Waals surface area contributed by atoms with Crippen LogP contribution in [-0.2, 0) is 4.43 Å². The molecule has 7 nitrogen and oxygen atoms in total. The molecule has 3 amide bonds. The second kappa shape index (κ2) is 12.3. The summed E-state index contributed by atoms with van der Waals surface area (Å²) in [6, 6.07) is 31.4. The van der Waals surface area contributed by atoms with Crippen LogP contribution in [0.3, 0.4) is 0 Å². The van der Waals surface area contributed by atoms with Gasteiger partial charge in [0.1, 0.15) is 0 Å². The number of nitrogens with zero attached hydrogens (tertiary/aromatic N) is 2. The van der Waals surface area contributed by atoms with E-state index < -0.39 is 8.32 Å². The fourth-order valence-corrected chi connectivity index (χ4v) is 7.48. The van der Waals surface area contributed by atoms with Crippen molar-refractivity contribution in [3.63, 3.8) is 0 Å². The molecule has 0 aliphatic carbocycles. The van der Waals surface area contributed by atoms with E-state index in [2.05, 4.69) is 39.2 Å². The molecule has 2 atom stereocenters. The SMILES string of the molecule is CC(C)(C)[Si](C)(C)O[C@@H]1C[C@@H]2CN(C(=O)c3ccc(NC(=O)c4ccccc4-c4ccccc4)cc3)c3ccccc3C(=O)N2C1. The second-order valence-electron chi connectivity index (χ2n) is 13.7. The van der Waals surface area contributed by atoms with E-state index >= 15 is 0 Å². The minimum atomic E-state index is -2.04. The lowest BCUT2D eigenvalue weighted by Gasteiger charge is -2.38. The van der Waals surface area contributed by atoms with E-state index in [-0.39, 0.29) is 34.9 Å². The zero-order valence-corrected chi connectivity index (χ0v) is 28.1. The minimum absolute atomic E-state index is 0.0580. The Balaban J connectivity index is 1.21. The van der Waals surface area contributed by atoms with Crippen LogP contribution in [0.2, 0.25) is 18.1 Å². The number of amides is 3. The molecule has 0 aromatic heterocycles. The molecule has 4 aromatic carbocycles. The van der Waals surface area contributed by atoms with E-state index in [1.807, 2.05) is 77.7 Å². The van der Waals surface area contributed by atoms with Gasteiger partial charge in [-0.3, -0.25) is 14.4 Å². The van der Waals surface area contributed by atoms with Gasteiger partial charge >= 0.3 is 0 Å². The van der Waals surface area contributed by atoms with E-state index in [4.69, 9.17) is 4.43 Å². The summed E-state index contributed by atoms with van der Waals surface area (Å²) in [5.41, 5.74) is 4.57. The zero-order chi connectivity index (χ0) is 32.6. The van der Waals surface area contributed by atoms with Crippen molar-refractivity contribution in [3.05, 3.63) is 120 Å². The Bertz CT molecular complexity index is 1760. The minimum Gasteiger partial charge on any atom is -0.412 e. The molecule has 2 aliphatic rings. The Morgan fingerprint density at radius 3 is 2.13 bits per heavy atom. The number of rotatable bonds is 6. The Morgan fingerprint density at radius 1 is 0.804 bits per heavy atom. The molecule has 2 aliphatic heterocycles. The lowest BCUT2D eigenvalue weighted by atomic mass is 9.99. The molecule has 6 rings (SSSR count). The predicted molar refractivity (Wildman–Crippen MR) is 186 cm³/mol. The van der Waals surface area contributed by atoms with Crippen molar-refractivity contribution in [2.45, 2.75) is 57.5 Å². The summed E-state index contributed by atoms with van der Waals surface area (Å²) in [7, 11) is -2.04. The van der Waals surface area contributed by atoms with Gasteiger partial charge < -0.3 is 19.5 Å². The third kappa shape index (κ3) is 6.15. The monoisotopic (exact) mass is 631 g/mol. The summed E-state index contributed by atoms with van der Waals surface area (Å²) in [5.74, 6) is -0.483. The van der Waals surface area contributed by atoms with E-state index in [0.29, 0.717) is 47.6 Å². The van der Waals surface area contributed by atoms with Crippen LogP contribution in [0.1, 0.15) is 58.3 Å². The third-order valence-corrected chi connectivity index (χ3v) is 14.1. The Kier molecular flexibility index (Phi) is 8.44. The summed E-state index contributed by atoms with van der Waals surface area (Å²) >= 11 is 0. The first-order chi connectivity index (χ1) is 21.9. The van der Waals surface area contributed by atoms with Crippen molar-refractivity contribution >= 4 is 37.4 Å². The number of anilines is 2. The lowest BCUT2D eigenvalue weighted by Crippen LogP contribution is -2.44. The van der Waals surface area contributed by atoms with Crippen LogP contribution in [0.4, 0.5) is 11.4 Å². The second-order valence-corrected chi connectivity index (χ2v) is 18.5. The molecule has 0 saturated carbocycles. The topological polar surface area (TPSA) is 79.0 Å². The summed E-state index contributed by atoms with van der Waals surface area (Å²) in [6.45, 7) is 12.0. The van der Waals surface area contributed by atoms with Crippen molar-refractivity contribution in [1.82, 2.24) is 4.90 Å². The Morgan fingerprint density at radius 2 is 1.43 bits per heavy atom. The highest BCUT2D eigenvalue weighted by atomic mass is 28.4. The first-order valence-electron chi connectivity index (χ1n) is 15.9. The largest absolute Gasteiger partial charge is 0.412 e. The number of carbonyl (C=O) groups excluding carboxylic acids is 3. The first kappa shape index (κ1) is 31.4. The van der Waals surface area contributed by atoms with E-state index in [1.165, 1.54) is 0 Å². The maximum atomic E-state index is 14.1. The zero-order valence-electron chi connectivity index (χ0n) is 27.1. The fourth-order valence-electron chi connectivity index (χ4n) is 6.12. The average Bonchev–Trinajstić information content (AvgIpc) is 3.39. The van der Waals surface area contributed by atoms with Gasteiger partial charge in [-0.05, 0) is 78.1 Å². The predicted octanol–water partition coefficient (Wildman–Crippen LogP) is 7.87. The van der Waals surface area contributed by atoms with Crippen LogP contribution in [0, 0.1) is 0 Å². The molecule has 1 N–H and O–H groups in total. The van der Waals surface area contributed by atoms with Gasteiger partial charge in [0.25, 0.3) is 17.7 Å². The van der Waals surface area contributed by atoms with Gasteiger partial charge in [-0.1, -0.05) is 81.4 Å². The number of carbonyl (C=O) groups is 3. The number of hydrogen-bond donors (Lipinski definition) is 1.